The zero-order valence-electron chi connectivity index (χ0n) is 12.2. The molecule has 2 aromatic rings. The molecule has 0 aliphatic carbocycles. The first-order valence-corrected chi connectivity index (χ1v) is 7.38. The molecule has 0 aromatic heterocycles. The normalized spacial score (nSPS) is 14.5. The van der Waals surface area contributed by atoms with Crippen molar-refractivity contribution in [2.45, 2.75) is 31.8 Å². The molecule has 0 bridgehead atoms. The molecule has 1 atom stereocenters. The first-order valence-electron chi connectivity index (χ1n) is 7.38. The fourth-order valence-electron chi connectivity index (χ4n) is 2.79. The van der Waals surface area contributed by atoms with Gasteiger partial charge >= 0.3 is 0 Å². The van der Waals surface area contributed by atoms with Crippen LogP contribution in [0.1, 0.15) is 36.9 Å². The quantitative estimate of drug-likeness (QED) is 0.842. The summed E-state index contributed by atoms with van der Waals surface area (Å²) in [6.45, 7) is 2.16. The molecule has 0 fully saturated rings. The highest BCUT2D eigenvalue weighted by molar-refractivity contribution is 5.52. The molecule has 1 aliphatic heterocycles. The topological polar surface area (TPSA) is 21.3 Å². The fourth-order valence-corrected chi connectivity index (χ4v) is 2.79. The Hall–Kier alpha value is -2.24. The average molecular weight is 277 g/mol. The van der Waals surface area contributed by atoms with Gasteiger partial charge in [0.05, 0.1) is 6.04 Å². The first kappa shape index (κ1) is 13.7. The van der Waals surface area contributed by atoms with Crippen molar-refractivity contribution in [3.05, 3.63) is 59.7 Å². The van der Waals surface area contributed by atoms with Gasteiger partial charge in [0.1, 0.15) is 11.5 Å². The minimum atomic E-state index is 0.129. The van der Waals surface area contributed by atoms with Crippen molar-refractivity contribution in [1.82, 2.24) is 5.32 Å². The molecule has 1 aliphatic rings. The summed E-state index contributed by atoms with van der Waals surface area (Å²) >= 11 is 0. The van der Waals surface area contributed by atoms with Gasteiger partial charge in [0, 0.05) is 23.6 Å². The summed E-state index contributed by atoms with van der Waals surface area (Å²) in [4.78, 5) is 0. The zero-order valence-corrected chi connectivity index (χ0v) is 12.2. The summed E-state index contributed by atoms with van der Waals surface area (Å²) in [5, 5.41) is 3.70. The third-order valence-corrected chi connectivity index (χ3v) is 3.94. The highest BCUT2D eigenvalue weighted by Gasteiger charge is 2.27. The van der Waals surface area contributed by atoms with Crippen LogP contribution in [0, 0.1) is 12.3 Å². The molecular formula is C19H19NO. The van der Waals surface area contributed by atoms with Crippen LogP contribution in [-0.2, 0) is 0 Å². The number of para-hydroxylation sites is 2. The smallest absolute Gasteiger partial charge is 0.132 e. The lowest BCUT2D eigenvalue weighted by molar-refractivity contribution is 0.400. The van der Waals surface area contributed by atoms with Crippen molar-refractivity contribution >= 4 is 0 Å². The van der Waals surface area contributed by atoms with Gasteiger partial charge in [-0.05, 0) is 18.6 Å². The van der Waals surface area contributed by atoms with E-state index in [1.54, 1.807) is 0 Å². The van der Waals surface area contributed by atoms with Gasteiger partial charge in [-0.1, -0.05) is 43.3 Å². The third kappa shape index (κ3) is 2.66. The number of hydrogen-bond acceptors (Lipinski definition) is 2. The zero-order chi connectivity index (χ0) is 14.7. The van der Waals surface area contributed by atoms with Crippen LogP contribution in [0.25, 0.3) is 0 Å². The molecule has 1 N–H and O–H groups in total. The van der Waals surface area contributed by atoms with E-state index < -0.39 is 0 Å². The van der Waals surface area contributed by atoms with Crippen molar-refractivity contribution in [1.29, 1.82) is 0 Å². The van der Waals surface area contributed by atoms with E-state index in [4.69, 9.17) is 11.2 Å². The number of fused-ring (bicyclic) bond motifs is 2. The van der Waals surface area contributed by atoms with Crippen LogP contribution in [0.2, 0.25) is 0 Å². The van der Waals surface area contributed by atoms with Gasteiger partial charge < -0.3 is 10.1 Å². The van der Waals surface area contributed by atoms with Crippen molar-refractivity contribution in [2.24, 2.45) is 0 Å². The van der Waals surface area contributed by atoms with Gasteiger partial charge in [-0.25, -0.2) is 0 Å². The Balaban J connectivity index is 2.00. The summed E-state index contributed by atoms with van der Waals surface area (Å²) in [6.07, 6.45) is 7.22. The highest BCUT2D eigenvalue weighted by atomic mass is 16.5. The molecule has 0 saturated heterocycles. The first-order chi connectivity index (χ1) is 10.3. The van der Waals surface area contributed by atoms with Gasteiger partial charge in [0.15, 0.2) is 0 Å². The monoisotopic (exact) mass is 277 g/mol. The molecule has 2 nitrogen and oxygen atoms in total. The van der Waals surface area contributed by atoms with E-state index in [1.165, 1.54) is 11.1 Å². The van der Waals surface area contributed by atoms with Crippen molar-refractivity contribution < 1.29 is 4.74 Å². The summed E-state index contributed by atoms with van der Waals surface area (Å²) < 4.78 is 6.00. The maximum Gasteiger partial charge on any atom is 0.132 e. The lowest BCUT2D eigenvalue weighted by atomic mass is 9.93. The summed E-state index contributed by atoms with van der Waals surface area (Å²) in [7, 11) is 0. The van der Waals surface area contributed by atoms with Gasteiger partial charge in [-0.2, -0.15) is 0 Å². The second-order valence-corrected chi connectivity index (χ2v) is 5.29. The maximum absolute atomic E-state index is 6.00. The molecule has 2 aromatic carbocycles. The predicted octanol–water partition coefficient (Wildman–Crippen LogP) is 4.27. The molecule has 0 radical (unpaired) electrons. The lowest BCUT2D eigenvalue weighted by Crippen LogP contribution is -2.34. The second kappa shape index (κ2) is 6.03. The van der Waals surface area contributed by atoms with E-state index >= 15 is 0 Å². The number of ether oxygens (including phenoxy) is 1. The minimum absolute atomic E-state index is 0.129. The number of nitrogens with one attached hydrogen (secondary N) is 1. The van der Waals surface area contributed by atoms with E-state index in [-0.39, 0.29) is 6.04 Å². The number of terminal acetylenes is 1. The second-order valence-electron chi connectivity index (χ2n) is 5.29. The lowest BCUT2D eigenvalue weighted by Gasteiger charge is -2.31. The van der Waals surface area contributed by atoms with Crippen molar-refractivity contribution in [3.63, 3.8) is 0 Å². The van der Waals surface area contributed by atoms with Crippen LogP contribution in [0.3, 0.4) is 0 Å². The van der Waals surface area contributed by atoms with Crippen LogP contribution >= 0.6 is 0 Å². The molecule has 0 amide bonds. The molecule has 21 heavy (non-hydrogen) atoms. The maximum atomic E-state index is 6.00. The Labute approximate surface area is 126 Å². The van der Waals surface area contributed by atoms with Gasteiger partial charge in [0.25, 0.3) is 0 Å². The molecule has 0 spiro atoms. The third-order valence-electron chi connectivity index (χ3n) is 3.94. The molecule has 106 valence electrons. The van der Waals surface area contributed by atoms with E-state index in [0.29, 0.717) is 6.04 Å². The molecule has 3 rings (SSSR count). The SMILES string of the molecule is C#CCC(CC)NC1c2ccccc2Oc2ccccc21. The van der Waals surface area contributed by atoms with E-state index in [0.717, 1.165) is 24.3 Å². The van der Waals surface area contributed by atoms with Crippen LogP contribution in [-0.4, -0.2) is 6.04 Å². The van der Waals surface area contributed by atoms with E-state index in [2.05, 4.69) is 30.3 Å². The molecule has 2 heteroatoms. The summed E-state index contributed by atoms with van der Waals surface area (Å²) in [6, 6.07) is 16.8. The summed E-state index contributed by atoms with van der Waals surface area (Å²) in [5.41, 5.74) is 2.35. The standard InChI is InChI=1S/C19H19NO/c1-3-9-14(4-2)20-19-15-10-5-7-12-17(15)21-18-13-8-6-11-16(18)19/h1,5-8,10-14,19-20H,4,9H2,2H3. The van der Waals surface area contributed by atoms with Crippen LogP contribution in [0.15, 0.2) is 48.5 Å². The van der Waals surface area contributed by atoms with Gasteiger partial charge in [0.2, 0.25) is 0 Å². The molecule has 0 saturated carbocycles. The molecular weight excluding hydrogens is 258 g/mol. The number of rotatable bonds is 4. The molecule has 1 unspecified atom stereocenters. The van der Waals surface area contributed by atoms with Crippen LogP contribution in [0.4, 0.5) is 0 Å². The van der Waals surface area contributed by atoms with Crippen LogP contribution in [0.5, 0.6) is 11.5 Å². The van der Waals surface area contributed by atoms with Crippen molar-refractivity contribution in [3.8, 4) is 23.8 Å². The number of benzene rings is 2. The Morgan fingerprint density at radius 3 is 2.19 bits per heavy atom. The number of hydrogen-bond donors (Lipinski definition) is 1. The molecule has 1 heterocycles. The Morgan fingerprint density at radius 2 is 1.67 bits per heavy atom. The predicted molar refractivity (Wildman–Crippen MR) is 85.5 cm³/mol. The Kier molecular flexibility index (Phi) is 3.94. The summed E-state index contributed by atoms with van der Waals surface area (Å²) in [5.74, 6) is 4.60. The fraction of sp³-hybridized carbons (Fsp3) is 0.263. The average Bonchev–Trinajstić information content (AvgIpc) is 2.53. The highest BCUT2D eigenvalue weighted by Crippen LogP contribution is 2.42. The van der Waals surface area contributed by atoms with E-state index in [1.807, 2.05) is 36.4 Å². The van der Waals surface area contributed by atoms with Crippen molar-refractivity contribution in [2.75, 3.05) is 0 Å². The van der Waals surface area contributed by atoms with E-state index in [9.17, 15) is 0 Å². The van der Waals surface area contributed by atoms with Gasteiger partial charge in [-0.15, -0.1) is 12.3 Å². The van der Waals surface area contributed by atoms with Gasteiger partial charge in [-0.3, -0.25) is 0 Å². The van der Waals surface area contributed by atoms with Crippen LogP contribution < -0.4 is 10.1 Å². The Bertz CT molecular complexity index is 626. The largest absolute Gasteiger partial charge is 0.457 e. The minimum Gasteiger partial charge on any atom is -0.457 e. The Morgan fingerprint density at radius 1 is 1.10 bits per heavy atom.